The first-order valence-corrected chi connectivity index (χ1v) is 6.88. The molecule has 0 atom stereocenters. The molecule has 0 aliphatic rings. The Kier molecular flexibility index (Phi) is 5.71. The third-order valence-corrected chi connectivity index (χ3v) is 4.11. The minimum absolute atomic E-state index is 0.0267. The van der Waals surface area contributed by atoms with Crippen LogP contribution in [0.1, 0.15) is 32.3 Å². The Morgan fingerprint density at radius 2 is 1.80 bits per heavy atom. The molecule has 20 heavy (non-hydrogen) atoms. The molecule has 0 spiro atoms. The molecule has 6 heteroatoms. The number of halogens is 4. The molecule has 0 amide bonds. The first kappa shape index (κ1) is 17.1. The van der Waals surface area contributed by atoms with E-state index in [2.05, 4.69) is 5.32 Å². The highest BCUT2D eigenvalue weighted by atomic mass is 35.5. The molecule has 1 aromatic rings. The van der Waals surface area contributed by atoms with Gasteiger partial charge in [-0.2, -0.15) is 13.2 Å². The molecule has 0 heterocycles. The van der Waals surface area contributed by atoms with Gasteiger partial charge in [0, 0.05) is 12.0 Å². The van der Waals surface area contributed by atoms with Crippen molar-refractivity contribution in [2.75, 3.05) is 18.5 Å². The zero-order chi connectivity index (χ0) is 15.4. The van der Waals surface area contributed by atoms with E-state index >= 15 is 0 Å². The van der Waals surface area contributed by atoms with E-state index in [1.165, 1.54) is 12.1 Å². The number of aliphatic hydroxyl groups is 1. The number of benzene rings is 1. The van der Waals surface area contributed by atoms with Crippen LogP contribution in [0, 0.1) is 5.41 Å². The van der Waals surface area contributed by atoms with Crippen molar-refractivity contribution in [2.45, 2.75) is 32.9 Å². The Bertz CT molecular complexity index is 436. The molecule has 0 saturated carbocycles. The minimum atomic E-state index is -4.46. The molecular weight excluding hydrogens is 291 g/mol. The average Bonchev–Trinajstić information content (AvgIpc) is 2.41. The molecule has 2 N–H and O–H groups in total. The Hall–Kier alpha value is -0.940. The summed E-state index contributed by atoms with van der Waals surface area (Å²) in [6, 6.07) is 3.68. The van der Waals surface area contributed by atoms with Crippen LogP contribution in [0.3, 0.4) is 0 Å². The number of hydrogen-bond acceptors (Lipinski definition) is 2. The molecule has 0 aliphatic heterocycles. The van der Waals surface area contributed by atoms with Gasteiger partial charge in [-0.05, 0) is 25.0 Å². The lowest BCUT2D eigenvalue weighted by atomic mass is 9.83. The van der Waals surface area contributed by atoms with Crippen molar-refractivity contribution in [1.29, 1.82) is 0 Å². The fraction of sp³-hybridized carbons (Fsp3) is 0.571. The lowest BCUT2D eigenvalue weighted by Crippen LogP contribution is -2.32. The molecule has 1 aromatic carbocycles. The number of alkyl halides is 3. The second-order valence-corrected chi connectivity index (χ2v) is 5.29. The van der Waals surface area contributed by atoms with Gasteiger partial charge in [0.2, 0.25) is 0 Å². The second-order valence-electron chi connectivity index (χ2n) is 4.88. The summed E-state index contributed by atoms with van der Waals surface area (Å²) in [6.45, 7) is 3.96. The van der Waals surface area contributed by atoms with Crippen molar-refractivity contribution >= 4 is 17.3 Å². The highest BCUT2D eigenvalue weighted by Gasteiger charge is 2.35. The van der Waals surface area contributed by atoms with Crippen molar-refractivity contribution in [3.8, 4) is 0 Å². The van der Waals surface area contributed by atoms with Crippen LogP contribution >= 0.6 is 11.6 Å². The molecule has 0 aliphatic carbocycles. The maximum atomic E-state index is 12.9. The summed E-state index contributed by atoms with van der Waals surface area (Å²) in [5.74, 6) is 0. The van der Waals surface area contributed by atoms with Gasteiger partial charge in [-0.15, -0.1) is 0 Å². The van der Waals surface area contributed by atoms with Crippen molar-refractivity contribution in [2.24, 2.45) is 5.41 Å². The fourth-order valence-electron chi connectivity index (χ4n) is 2.00. The Balaban J connectivity index is 3.04. The van der Waals surface area contributed by atoms with Crippen molar-refractivity contribution in [1.82, 2.24) is 0 Å². The molecule has 0 bridgehead atoms. The summed E-state index contributed by atoms with van der Waals surface area (Å²) in [7, 11) is 0. The summed E-state index contributed by atoms with van der Waals surface area (Å²) in [5.41, 5.74) is -1.35. The van der Waals surface area contributed by atoms with E-state index in [9.17, 15) is 18.3 Å². The van der Waals surface area contributed by atoms with Gasteiger partial charge < -0.3 is 10.4 Å². The fourth-order valence-corrected chi connectivity index (χ4v) is 2.24. The average molecular weight is 310 g/mol. The molecule has 0 saturated heterocycles. The summed E-state index contributed by atoms with van der Waals surface area (Å²) in [5, 5.41) is 12.3. The van der Waals surface area contributed by atoms with Crippen LogP contribution in [0.25, 0.3) is 0 Å². The quantitative estimate of drug-likeness (QED) is 0.807. The van der Waals surface area contributed by atoms with Gasteiger partial charge in [0.05, 0.1) is 22.9 Å². The first-order chi connectivity index (χ1) is 9.29. The van der Waals surface area contributed by atoms with E-state index in [1.54, 1.807) is 0 Å². The molecule has 0 aromatic heterocycles. The Labute approximate surface area is 121 Å². The van der Waals surface area contributed by atoms with Gasteiger partial charge in [-0.3, -0.25) is 0 Å². The number of hydrogen-bond donors (Lipinski definition) is 2. The lowest BCUT2D eigenvalue weighted by Gasteiger charge is -2.30. The van der Waals surface area contributed by atoms with Crippen molar-refractivity contribution < 1.29 is 18.3 Å². The molecule has 1 rings (SSSR count). The van der Waals surface area contributed by atoms with E-state index in [0.717, 1.165) is 6.07 Å². The third-order valence-electron chi connectivity index (χ3n) is 3.79. The predicted octanol–water partition coefficient (Wildman–Crippen LogP) is 4.57. The topological polar surface area (TPSA) is 32.3 Å². The third kappa shape index (κ3) is 3.79. The summed E-state index contributed by atoms with van der Waals surface area (Å²) in [6.07, 6.45) is -3.13. The van der Waals surface area contributed by atoms with Gasteiger partial charge in [0.1, 0.15) is 0 Å². The molecule has 2 nitrogen and oxygen atoms in total. The Morgan fingerprint density at radius 3 is 2.25 bits per heavy atom. The van der Waals surface area contributed by atoms with Gasteiger partial charge >= 0.3 is 6.18 Å². The van der Waals surface area contributed by atoms with E-state index in [4.69, 9.17) is 11.6 Å². The first-order valence-electron chi connectivity index (χ1n) is 6.50. The number of nitrogens with one attached hydrogen (secondary N) is 1. The monoisotopic (exact) mass is 309 g/mol. The highest BCUT2D eigenvalue weighted by molar-refractivity contribution is 6.33. The SMILES string of the molecule is CCC(CC)(CO)CNc1c(Cl)cccc1C(F)(F)F. The summed E-state index contributed by atoms with van der Waals surface area (Å²) >= 11 is 5.87. The largest absolute Gasteiger partial charge is 0.418 e. The lowest BCUT2D eigenvalue weighted by molar-refractivity contribution is -0.137. The van der Waals surface area contributed by atoms with Crippen LogP contribution in [-0.2, 0) is 6.18 Å². The maximum Gasteiger partial charge on any atom is 0.418 e. The number of aliphatic hydroxyl groups excluding tert-OH is 1. The maximum absolute atomic E-state index is 12.9. The van der Waals surface area contributed by atoms with Crippen molar-refractivity contribution in [3.63, 3.8) is 0 Å². The molecule has 0 fully saturated rings. The van der Waals surface area contributed by atoms with Crippen molar-refractivity contribution in [3.05, 3.63) is 28.8 Å². The van der Waals surface area contributed by atoms with Gasteiger partial charge in [-0.1, -0.05) is 31.5 Å². The van der Waals surface area contributed by atoms with Crippen LogP contribution in [0.4, 0.5) is 18.9 Å². The second kappa shape index (κ2) is 6.68. The number of anilines is 1. The normalized spacial score (nSPS) is 12.6. The molecule has 0 unspecified atom stereocenters. The van der Waals surface area contributed by atoms with Crippen LogP contribution in [0.5, 0.6) is 0 Å². The highest BCUT2D eigenvalue weighted by Crippen LogP contribution is 2.39. The Morgan fingerprint density at radius 1 is 1.20 bits per heavy atom. The summed E-state index contributed by atoms with van der Waals surface area (Å²) < 4.78 is 38.8. The van der Waals surface area contributed by atoms with E-state index < -0.39 is 17.2 Å². The van der Waals surface area contributed by atoms with Crippen LogP contribution in [0.15, 0.2) is 18.2 Å². The molecule has 114 valence electrons. The van der Waals surface area contributed by atoms with Crippen LogP contribution in [-0.4, -0.2) is 18.3 Å². The number of para-hydroxylation sites is 1. The van der Waals surface area contributed by atoms with Crippen LogP contribution < -0.4 is 5.32 Å². The van der Waals surface area contributed by atoms with Gasteiger partial charge in [-0.25, -0.2) is 0 Å². The van der Waals surface area contributed by atoms with Gasteiger partial charge in [0.15, 0.2) is 0 Å². The summed E-state index contributed by atoms with van der Waals surface area (Å²) in [4.78, 5) is 0. The van der Waals surface area contributed by atoms with E-state index in [0.29, 0.717) is 12.8 Å². The smallest absolute Gasteiger partial charge is 0.396 e. The minimum Gasteiger partial charge on any atom is -0.396 e. The van der Waals surface area contributed by atoms with Gasteiger partial charge in [0.25, 0.3) is 0 Å². The number of rotatable bonds is 6. The van der Waals surface area contributed by atoms with Crippen LogP contribution in [0.2, 0.25) is 5.02 Å². The van der Waals surface area contributed by atoms with E-state index in [1.807, 2.05) is 13.8 Å². The zero-order valence-electron chi connectivity index (χ0n) is 11.5. The molecule has 0 radical (unpaired) electrons. The molecular formula is C14H19ClF3NO. The zero-order valence-corrected chi connectivity index (χ0v) is 12.3. The predicted molar refractivity (Wildman–Crippen MR) is 75.0 cm³/mol. The van der Waals surface area contributed by atoms with E-state index in [-0.39, 0.29) is 23.9 Å². The standard InChI is InChI=1S/C14H19ClF3NO/c1-3-13(4-2,9-20)8-19-12-10(14(16,17)18)6-5-7-11(12)15/h5-7,19-20H,3-4,8-9H2,1-2H3.